The fraction of sp³-hybridized carbons (Fsp3) is 0. The van der Waals surface area contributed by atoms with Crippen molar-refractivity contribution >= 4 is 21.5 Å². The number of hydrogen-bond donors (Lipinski definition) is 0. The molecule has 0 N–H and O–H groups in total. The Morgan fingerprint density at radius 1 is 0.356 bits per heavy atom. The monoisotopic (exact) mass is 638 g/mol. The van der Waals surface area contributed by atoms with Gasteiger partial charge in [0.05, 0.1) is 0 Å². The maximum absolute atomic E-state index is 11.8. The third-order valence-electron chi connectivity index (χ3n) is 7.13. The Bertz CT molecular complexity index is 2080. The van der Waals surface area contributed by atoms with Crippen molar-refractivity contribution in [2.75, 3.05) is 0 Å². The van der Waals surface area contributed by atoms with E-state index in [-0.39, 0.29) is 42.8 Å². The zero-order chi connectivity index (χ0) is 29.9. The molecule has 0 saturated carbocycles. The van der Waals surface area contributed by atoms with Crippen LogP contribution in [0.4, 0.5) is 0 Å². The summed E-state index contributed by atoms with van der Waals surface area (Å²) in [5, 5.41) is 44.2. The van der Waals surface area contributed by atoms with Crippen molar-refractivity contribution in [3.05, 3.63) is 133 Å². The fourth-order valence-corrected chi connectivity index (χ4v) is 4.99. The van der Waals surface area contributed by atoms with Crippen molar-refractivity contribution in [3.8, 4) is 57.3 Å². The number of rotatable bonds is 4. The molecule has 2 heterocycles. The van der Waals surface area contributed by atoms with E-state index in [1.807, 2.05) is 84.9 Å². The number of fused-ring (bicyclic) bond motifs is 2. The van der Waals surface area contributed by atoms with Crippen LogP contribution < -0.4 is 10.2 Å². The number of benzene rings is 6. The first-order chi connectivity index (χ1) is 21.7. The van der Waals surface area contributed by atoms with Crippen molar-refractivity contribution in [1.82, 2.24) is 20.4 Å². The van der Waals surface area contributed by atoms with Crippen LogP contribution in [0.25, 0.3) is 67.4 Å². The molecule has 8 rings (SSSR count). The van der Waals surface area contributed by atoms with Gasteiger partial charge in [0.15, 0.2) is 0 Å². The van der Waals surface area contributed by atoms with Gasteiger partial charge in [-0.25, -0.2) is 0 Å². The van der Waals surface area contributed by atoms with Gasteiger partial charge in [-0.3, -0.25) is 0 Å². The van der Waals surface area contributed by atoms with E-state index in [1.165, 1.54) is 12.1 Å². The van der Waals surface area contributed by atoms with E-state index in [2.05, 4.69) is 20.4 Å². The zero-order valence-corrected chi connectivity index (χ0v) is 26.8. The zero-order valence-electron chi connectivity index (χ0n) is 23.8. The van der Waals surface area contributed by atoms with Crippen LogP contribution >= 0.6 is 0 Å². The molecule has 2 aromatic heterocycles. The van der Waals surface area contributed by atoms with Crippen molar-refractivity contribution in [3.63, 3.8) is 0 Å². The van der Waals surface area contributed by atoms with Gasteiger partial charge in [0, 0.05) is 22.3 Å². The van der Waals surface area contributed by atoms with Gasteiger partial charge in [0.1, 0.15) is 0 Å². The summed E-state index contributed by atoms with van der Waals surface area (Å²) in [7, 11) is 0. The Labute approximate surface area is 270 Å². The van der Waals surface area contributed by atoms with Crippen LogP contribution in [0.2, 0.25) is 0 Å². The third-order valence-corrected chi connectivity index (χ3v) is 7.13. The smallest absolute Gasteiger partial charge is 0.872 e. The van der Waals surface area contributed by atoms with Gasteiger partial charge in [0.2, 0.25) is 23.6 Å². The first-order valence-corrected chi connectivity index (χ1v) is 13.8. The minimum absolute atomic E-state index is 0. The van der Waals surface area contributed by atoms with E-state index in [1.54, 1.807) is 36.4 Å². The SMILES string of the molecule is [O-]c1ccccc1-c1nnc(-c2cccc3ccccc23)o1.[O-]c1ccccc1-c1nnc(-c2cccc3ccccc23)o1.[Zn+2]. The van der Waals surface area contributed by atoms with Crippen LogP contribution in [-0.4, -0.2) is 20.4 Å². The summed E-state index contributed by atoms with van der Waals surface area (Å²) < 4.78 is 11.4. The molecular weight excluding hydrogens is 618 g/mol. The Kier molecular flexibility index (Phi) is 8.44. The molecule has 0 aliphatic heterocycles. The first-order valence-electron chi connectivity index (χ1n) is 13.8. The molecule has 212 valence electrons. The Morgan fingerprint density at radius 2 is 0.667 bits per heavy atom. The largest absolute Gasteiger partial charge is 2.00 e. The summed E-state index contributed by atoms with van der Waals surface area (Å²) in [5.74, 6) is 1.05. The van der Waals surface area contributed by atoms with Crippen LogP contribution in [0.3, 0.4) is 0 Å². The van der Waals surface area contributed by atoms with Crippen LogP contribution in [0.1, 0.15) is 0 Å². The number of nitrogens with zero attached hydrogens (tertiary/aromatic N) is 4. The molecule has 0 fully saturated rings. The van der Waals surface area contributed by atoms with Crippen molar-refractivity contribution < 1.29 is 38.5 Å². The molecule has 6 aromatic carbocycles. The molecule has 0 aliphatic rings. The van der Waals surface area contributed by atoms with Crippen LogP contribution in [0.5, 0.6) is 11.5 Å². The first kappa shape index (κ1) is 29.4. The molecule has 45 heavy (non-hydrogen) atoms. The third kappa shape index (κ3) is 5.94. The summed E-state index contributed by atoms with van der Waals surface area (Å²) >= 11 is 0. The predicted octanol–water partition coefficient (Wildman–Crippen LogP) is 7.26. The summed E-state index contributed by atoms with van der Waals surface area (Å²) in [5.41, 5.74) is 2.56. The normalized spacial score (nSPS) is 10.7. The van der Waals surface area contributed by atoms with Gasteiger partial charge < -0.3 is 19.0 Å². The second kappa shape index (κ2) is 12.9. The number of para-hydroxylation sites is 2. The second-order valence-electron chi connectivity index (χ2n) is 9.87. The topological polar surface area (TPSA) is 124 Å². The molecule has 8 aromatic rings. The molecule has 0 amide bonds. The van der Waals surface area contributed by atoms with Crippen LogP contribution in [-0.2, 0) is 19.5 Å². The summed E-state index contributed by atoms with van der Waals surface area (Å²) in [6, 6.07) is 41.1. The summed E-state index contributed by atoms with van der Waals surface area (Å²) in [4.78, 5) is 0. The molecule has 0 unspecified atom stereocenters. The number of hydrogen-bond acceptors (Lipinski definition) is 8. The number of aromatic nitrogens is 4. The molecule has 9 heteroatoms. The van der Waals surface area contributed by atoms with E-state index in [0.29, 0.717) is 22.9 Å². The van der Waals surface area contributed by atoms with E-state index < -0.39 is 0 Å². The van der Waals surface area contributed by atoms with Gasteiger partial charge in [-0.05, 0) is 33.7 Å². The molecule has 0 aliphatic carbocycles. The van der Waals surface area contributed by atoms with Crippen molar-refractivity contribution in [1.29, 1.82) is 0 Å². The second-order valence-corrected chi connectivity index (χ2v) is 9.87. The maximum atomic E-state index is 11.8. The average molecular weight is 640 g/mol. The maximum Gasteiger partial charge on any atom is 2.00 e. The Hall–Kier alpha value is -5.66. The summed E-state index contributed by atoms with van der Waals surface area (Å²) in [6.07, 6.45) is 0. The quantitative estimate of drug-likeness (QED) is 0.184. The van der Waals surface area contributed by atoms with Crippen molar-refractivity contribution in [2.24, 2.45) is 0 Å². The van der Waals surface area contributed by atoms with Gasteiger partial charge in [-0.1, -0.05) is 133 Å². The molecule has 0 atom stereocenters. The minimum Gasteiger partial charge on any atom is -0.872 e. The van der Waals surface area contributed by atoms with Gasteiger partial charge in [-0.15, -0.1) is 20.4 Å². The predicted molar refractivity (Wildman–Crippen MR) is 164 cm³/mol. The summed E-state index contributed by atoms with van der Waals surface area (Å²) in [6.45, 7) is 0. The van der Waals surface area contributed by atoms with E-state index in [9.17, 15) is 10.2 Å². The molecular formula is C36H22N4O4Zn. The Morgan fingerprint density at radius 3 is 1.09 bits per heavy atom. The molecule has 0 saturated heterocycles. The van der Waals surface area contributed by atoms with Gasteiger partial charge in [0.25, 0.3) is 0 Å². The van der Waals surface area contributed by atoms with Gasteiger partial charge in [-0.2, -0.15) is 0 Å². The minimum atomic E-state index is -0.129. The van der Waals surface area contributed by atoms with E-state index >= 15 is 0 Å². The molecule has 0 radical (unpaired) electrons. The van der Waals surface area contributed by atoms with Crippen LogP contribution in [0, 0.1) is 0 Å². The molecule has 0 bridgehead atoms. The fourth-order valence-electron chi connectivity index (χ4n) is 4.99. The molecule has 0 spiro atoms. The average Bonchev–Trinajstić information content (AvgIpc) is 3.76. The van der Waals surface area contributed by atoms with Crippen molar-refractivity contribution in [2.45, 2.75) is 0 Å². The Balaban J connectivity index is 0.000000155. The van der Waals surface area contributed by atoms with Gasteiger partial charge >= 0.3 is 19.5 Å². The molecule has 8 nitrogen and oxygen atoms in total. The van der Waals surface area contributed by atoms with E-state index in [4.69, 9.17) is 8.83 Å². The standard InChI is InChI=1S/2C18H12N2O2.Zn/c2*21-16-11-4-3-9-15(16)18-20-19-17(22-18)14-10-5-7-12-6-1-2-8-13(12)14;/h2*1-11,21H;/q;;+2/p-2. The van der Waals surface area contributed by atoms with E-state index in [0.717, 1.165) is 32.7 Å². The van der Waals surface area contributed by atoms with Crippen LogP contribution in [0.15, 0.2) is 142 Å².